The third-order valence-electron chi connectivity index (χ3n) is 4.93. The average molecular weight is 689 g/mol. The van der Waals surface area contributed by atoms with Crippen molar-refractivity contribution in [3.05, 3.63) is 72.6 Å². The van der Waals surface area contributed by atoms with Gasteiger partial charge in [0.1, 0.15) is 11.8 Å². The number of ether oxygens (including phenoxy) is 2. The fourth-order valence-electron chi connectivity index (χ4n) is 2.87. The number of carboxylic acid groups (broad SMARTS) is 2. The Kier molecular flexibility index (Phi) is 15.9. The number of aliphatic carboxylic acids is 2. The number of alkyl halides is 3. The van der Waals surface area contributed by atoms with Crippen LogP contribution in [0.25, 0.3) is 0 Å². The highest BCUT2D eigenvalue weighted by atomic mass is 32.2. The molecule has 3 aromatic rings. The van der Waals surface area contributed by atoms with Gasteiger partial charge in [0.15, 0.2) is 0 Å². The van der Waals surface area contributed by atoms with Gasteiger partial charge < -0.3 is 36.5 Å². The molecular formula is C27H31F3N6O10S. The number of nitrogens with one attached hydrogen (secondary N) is 2. The quantitative estimate of drug-likeness (QED) is 0.0956. The SMILES string of the molecule is CC(N)C(=O)O.CCOc1cccc(C(=O)OC(=O)C[C@@H](N)NS(=O)(=O)c2ccccc2)c1Nc1ncccn1.O=C(O)C(F)(F)F. The summed E-state index contributed by atoms with van der Waals surface area (Å²) in [4.78, 5) is 51.6. The third-order valence-corrected chi connectivity index (χ3v) is 6.44. The molecule has 1 unspecified atom stereocenters. The van der Waals surface area contributed by atoms with Gasteiger partial charge >= 0.3 is 30.1 Å². The first-order chi connectivity index (χ1) is 21.9. The van der Waals surface area contributed by atoms with E-state index in [1.807, 2.05) is 0 Å². The van der Waals surface area contributed by atoms with Crippen LogP contribution in [0.5, 0.6) is 5.75 Å². The Morgan fingerprint density at radius 2 is 1.51 bits per heavy atom. The van der Waals surface area contributed by atoms with E-state index >= 15 is 0 Å². The summed E-state index contributed by atoms with van der Waals surface area (Å²) in [5.41, 5.74) is 10.8. The van der Waals surface area contributed by atoms with E-state index in [1.165, 1.54) is 37.5 Å². The number of aromatic nitrogens is 2. The molecule has 0 saturated heterocycles. The Hall–Kier alpha value is -5.18. The lowest BCUT2D eigenvalue weighted by atomic mass is 10.1. The fourth-order valence-corrected chi connectivity index (χ4v) is 4.00. The number of rotatable bonds is 11. The predicted octanol–water partition coefficient (Wildman–Crippen LogP) is 2.01. The van der Waals surface area contributed by atoms with Crippen LogP contribution in [0.15, 0.2) is 71.9 Å². The van der Waals surface area contributed by atoms with Crippen LogP contribution in [-0.2, 0) is 29.1 Å². The standard InChI is InChI=1S/C22H23N5O6S.C3H7NO2.C2HF3O2/c1-2-32-17-11-6-10-16(20(17)26-22-24-12-7-13-25-22)21(29)33-19(28)14-18(23)27-34(30,31)15-8-4-3-5-9-15;1-2(4)3(5)6;3-2(4,5)1(6)7/h3-13,18,27H,2,14,23H2,1H3,(H,24,25,26);2H,4H2,1H3,(H,5,6);(H,6,7)/t18-;;/m0../s1. The Bertz CT molecular complexity index is 1600. The molecule has 0 saturated carbocycles. The van der Waals surface area contributed by atoms with Gasteiger partial charge in [0, 0.05) is 12.4 Å². The molecule has 0 spiro atoms. The summed E-state index contributed by atoms with van der Waals surface area (Å²) in [7, 11) is -3.95. The summed E-state index contributed by atoms with van der Waals surface area (Å²) in [5.74, 6) is -5.20. The largest absolute Gasteiger partial charge is 0.492 e. The van der Waals surface area contributed by atoms with Crippen LogP contribution in [0.3, 0.4) is 0 Å². The molecule has 8 N–H and O–H groups in total. The summed E-state index contributed by atoms with van der Waals surface area (Å²) in [6.07, 6.45) is -3.94. The van der Waals surface area contributed by atoms with Crippen LogP contribution in [0.2, 0.25) is 0 Å². The second-order valence-corrected chi connectivity index (χ2v) is 10.5. The van der Waals surface area contributed by atoms with E-state index in [0.29, 0.717) is 12.4 Å². The van der Waals surface area contributed by atoms with Crippen molar-refractivity contribution in [2.75, 3.05) is 11.9 Å². The molecule has 1 aromatic heterocycles. The minimum absolute atomic E-state index is 0.00908. The number of hydrogen-bond donors (Lipinski definition) is 6. The molecule has 2 aromatic carbocycles. The van der Waals surface area contributed by atoms with Crippen molar-refractivity contribution in [2.24, 2.45) is 11.5 Å². The highest BCUT2D eigenvalue weighted by Gasteiger charge is 2.38. The zero-order valence-electron chi connectivity index (χ0n) is 24.7. The maximum atomic E-state index is 12.8. The van der Waals surface area contributed by atoms with Crippen molar-refractivity contribution in [1.29, 1.82) is 0 Å². The first-order valence-corrected chi connectivity index (χ1v) is 14.5. The van der Waals surface area contributed by atoms with E-state index in [0.717, 1.165) is 0 Å². The first kappa shape index (κ1) is 39.8. The topological polar surface area (TPSA) is 263 Å². The molecule has 0 bridgehead atoms. The second kappa shape index (κ2) is 18.7. The molecule has 2 atom stereocenters. The number of sulfonamides is 1. The van der Waals surface area contributed by atoms with Gasteiger partial charge in [0.25, 0.3) is 0 Å². The molecular weight excluding hydrogens is 657 g/mol. The van der Waals surface area contributed by atoms with E-state index in [-0.39, 0.29) is 22.1 Å². The summed E-state index contributed by atoms with van der Waals surface area (Å²) in [6.45, 7) is 3.51. The van der Waals surface area contributed by atoms with Gasteiger partial charge in [-0.2, -0.15) is 17.9 Å². The summed E-state index contributed by atoms with van der Waals surface area (Å²) >= 11 is 0. The number of carbonyl (C=O) groups is 4. The van der Waals surface area contributed by atoms with Crippen LogP contribution in [-0.4, -0.2) is 77.5 Å². The molecule has 0 amide bonds. The molecule has 3 rings (SSSR count). The van der Waals surface area contributed by atoms with Gasteiger partial charge in [-0.15, -0.1) is 0 Å². The maximum Gasteiger partial charge on any atom is 0.490 e. The number of nitrogens with zero attached hydrogens (tertiary/aromatic N) is 2. The molecule has 0 aliphatic carbocycles. The van der Waals surface area contributed by atoms with Gasteiger partial charge in [0.05, 0.1) is 35.3 Å². The number of para-hydroxylation sites is 1. The van der Waals surface area contributed by atoms with Crippen LogP contribution in [0.4, 0.5) is 24.8 Å². The van der Waals surface area contributed by atoms with E-state index < -0.39 is 58.7 Å². The molecule has 256 valence electrons. The number of carboxylic acids is 2. The number of carbonyl (C=O) groups excluding carboxylic acids is 2. The molecule has 0 aliphatic heterocycles. The lowest BCUT2D eigenvalue weighted by Crippen LogP contribution is -2.43. The van der Waals surface area contributed by atoms with Crippen molar-refractivity contribution in [3.8, 4) is 5.75 Å². The number of nitrogens with two attached hydrogens (primary N) is 2. The van der Waals surface area contributed by atoms with E-state index in [2.05, 4.69) is 20.0 Å². The maximum absolute atomic E-state index is 12.8. The summed E-state index contributed by atoms with van der Waals surface area (Å²) in [5, 5.41) is 17.9. The Morgan fingerprint density at radius 1 is 0.957 bits per heavy atom. The normalized spacial score (nSPS) is 12.1. The van der Waals surface area contributed by atoms with E-state index in [4.69, 9.17) is 35.9 Å². The number of halogens is 3. The van der Waals surface area contributed by atoms with Crippen LogP contribution < -0.4 is 26.2 Å². The zero-order valence-corrected chi connectivity index (χ0v) is 25.5. The van der Waals surface area contributed by atoms with Gasteiger partial charge in [-0.25, -0.2) is 28.0 Å². The number of anilines is 2. The highest BCUT2D eigenvalue weighted by molar-refractivity contribution is 7.89. The van der Waals surface area contributed by atoms with Crippen molar-refractivity contribution in [2.45, 2.75) is 43.5 Å². The van der Waals surface area contributed by atoms with E-state index in [9.17, 15) is 36.0 Å². The number of hydrogen-bond acceptors (Lipinski definition) is 13. The van der Waals surface area contributed by atoms with Crippen LogP contribution in [0, 0.1) is 0 Å². The van der Waals surface area contributed by atoms with Crippen molar-refractivity contribution in [3.63, 3.8) is 0 Å². The van der Waals surface area contributed by atoms with Gasteiger partial charge in [0.2, 0.25) is 16.0 Å². The Balaban J connectivity index is 0.000000715. The average Bonchev–Trinajstić information content (AvgIpc) is 2.98. The smallest absolute Gasteiger partial charge is 0.490 e. The lowest BCUT2D eigenvalue weighted by molar-refractivity contribution is -0.192. The van der Waals surface area contributed by atoms with E-state index in [1.54, 1.807) is 43.3 Å². The van der Waals surface area contributed by atoms with Crippen molar-refractivity contribution >= 4 is 45.5 Å². The molecule has 0 aliphatic rings. The molecule has 0 fully saturated rings. The summed E-state index contributed by atoms with van der Waals surface area (Å²) in [6, 6.07) is 13.0. The van der Waals surface area contributed by atoms with Gasteiger partial charge in [-0.05, 0) is 44.2 Å². The van der Waals surface area contributed by atoms with Crippen LogP contribution >= 0.6 is 0 Å². The molecule has 20 heteroatoms. The van der Waals surface area contributed by atoms with Gasteiger partial charge in [-0.1, -0.05) is 24.3 Å². The van der Waals surface area contributed by atoms with Crippen molar-refractivity contribution in [1.82, 2.24) is 14.7 Å². The molecule has 0 radical (unpaired) electrons. The molecule has 47 heavy (non-hydrogen) atoms. The predicted molar refractivity (Wildman–Crippen MR) is 158 cm³/mol. The second-order valence-electron chi connectivity index (χ2n) is 8.75. The van der Waals surface area contributed by atoms with Gasteiger partial charge in [-0.3, -0.25) is 9.59 Å². The third kappa shape index (κ3) is 14.6. The minimum atomic E-state index is -5.08. The molecule has 1 heterocycles. The Labute approximate surface area is 266 Å². The number of benzene rings is 2. The number of esters is 2. The summed E-state index contributed by atoms with van der Waals surface area (Å²) < 4.78 is 69.1. The monoisotopic (exact) mass is 688 g/mol. The zero-order chi connectivity index (χ0) is 35.8. The first-order valence-electron chi connectivity index (χ1n) is 13.0. The Morgan fingerprint density at radius 3 is 2.00 bits per heavy atom. The fraction of sp³-hybridized carbons (Fsp3) is 0.259. The minimum Gasteiger partial charge on any atom is -0.492 e. The lowest BCUT2D eigenvalue weighted by Gasteiger charge is -2.16. The highest BCUT2D eigenvalue weighted by Crippen LogP contribution is 2.31. The van der Waals surface area contributed by atoms with Crippen molar-refractivity contribution < 1.29 is 60.5 Å². The molecule has 16 nitrogen and oxygen atoms in total. The van der Waals surface area contributed by atoms with Crippen LogP contribution in [0.1, 0.15) is 30.6 Å².